The Kier molecular flexibility index (Phi) is 8.03. The molecule has 0 radical (unpaired) electrons. The fraction of sp³-hybridized carbons (Fsp3) is 0.346. The van der Waals surface area contributed by atoms with Gasteiger partial charge in [-0.3, -0.25) is 14.4 Å². The molecule has 1 saturated heterocycles. The molecular formula is C26H31N3O3S2. The minimum absolute atomic E-state index is 0.0712. The third kappa shape index (κ3) is 6.68. The summed E-state index contributed by atoms with van der Waals surface area (Å²) in [6.07, 6.45) is 4.12. The van der Waals surface area contributed by atoms with Crippen molar-refractivity contribution in [2.75, 3.05) is 11.3 Å². The highest BCUT2D eigenvalue weighted by Gasteiger charge is 2.18. The summed E-state index contributed by atoms with van der Waals surface area (Å²) in [6.45, 7) is 4.94. The largest absolute Gasteiger partial charge is 0.352 e. The van der Waals surface area contributed by atoms with Crippen LogP contribution in [0.25, 0.3) is 0 Å². The topological polar surface area (TPSA) is 78.5 Å². The standard InChI is InChI=1S/C26H31N3O3S2/c1-20-5-2-3-15-29(20)19-23-9-7-22(8-10-23)18-27-25(30)17-21-11-13-24(14-12-21)28-34(31,32)26-6-4-16-33-26/h4,6-14,16,20,28H,2-3,5,15,17-19H2,1H3,(H,27,30). The lowest BCUT2D eigenvalue weighted by Gasteiger charge is -2.33. The molecule has 2 aromatic carbocycles. The van der Waals surface area contributed by atoms with E-state index in [0.29, 0.717) is 18.3 Å². The molecule has 1 aromatic heterocycles. The molecule has 180 valence electrons. The van der Waals surface area contributed by atoms with Gasteiger partial charge in [-0.2, -0.15) is 0 Å². The Bertz CT molecular complexity index is 1180. The van der Waals surface area contributed by atoms with Crippen molar-refractivity contribution in [2.45, 2.75) is 55.9 Å². The molecular weight excluding hydrogens is 466 g/mol. The van der Waals surface area contributed by atoms with Gasteiger partial charge in [0.1, 0.15) is 4.21 Å². The van der Waals surface area contributed by atoms with Crippen LogP contribution in [0.1, 0.15) is 42.9 Å². The first-order valence-corrected chi connectivity index (χ1v) is 14.0. The Morgan fingerprint density at radius 2 is 1.71 bits per heavy atom. The van der Waals surface area contributed by atoms with Gasteiger partial charge in [0.25, 0.3) is 10.0 Å². The SMILES string of the molecule is CC1CCCCN1Cc1ccc(CNC(=O)Cc2ccc(NS(=O)(=O)c3cccs3)cc2)cc1. The molecule has 0 saturated carbocycles. The monoisotopic (exact) mass is 497 g/mol. The van der Waals surface area contributed by atoms with Crippen molar-refractivity contribution in [3.63, 3.8) is 0 Å². The van der Waals surface area contributed by atoms with Crippen LogP contribution in [0.2, 0.25) is 0 Å². The summed E-state index contributed by atoms with van der Waals surface area (Å²) in [7, 11) is -3.57. The molecule has 1 atom stereocenters. The van der Waals surface area contributed by atoms with E-state index in [1.165, 1.54) is 42.7 Å². The Morgan fingerprint density at radius 1 is 1.00 bits per heavy atom. The number of carbonyl (C=O) groups excluding carboxylic acids is 1. The fourth-order valence-corrected chi connectivity index (χ4v) is 6.20. The van der Waals surface area contributed by atoms with Crippen LogP contribution < -0.4 is 10.0 Å². The predicted octanol–water partition coefficient (Wildman–Crippen LogP) is 4.78. The van der Waals surface area contributed by atoms with E-state index in [-0.39, 0.29) is 16.5 Å². The maximum absolute atomic E-state index is 12.4. The number of hydrogen-bond donors (Lipinski definition) is 2. The first-order chi connectivity index (χ1) is 16.4. The van der Waals surface area contributed by atoms with Crippen molar-refractivity contribution in [3.05, 3.63) is 82.7 Å². The van der Waals surface area contributed by atoms with Gasteiger partial charge in [-0.05, 0) is 66.6 Å². The molecule has 8 heteroatoms. The maximum Gasteiger partial charge on any atom is 0.271 e. The number of anilines is 1. The van der Waals surface area contributed by atoms with E-state index in [9.17, 15) is 13.2 Å². The lowest BCUT2D eigenvalue weighted by Crippen LogP contribution is -2.36. The van der Waals surface area contributed by atoms with Gasteiger partial charge in [0, 0.05) is 24.8 Å². The maximum atomic E-state index is 12.4. The number of nitrogens with zero attached hydrogens (tertiary/aromatic N) is 1. The zero-order valence-electron chi connectivity index (χ0n) is 19.4. The fourth-order valence-electron chi connectivity index (χ4n) is 4.15. The summed E-state index contributed by atoms with van der Waals surface area (Å²) in [6, 6.07) is 19.3. The van der Waals surface area contributed by atoms with Crippen molar-refractivity contribution in [1.82, 2.24) is 10.2 Å². The molecule has 3 aromatic rings. The van der Waals surface area contributed by atoms with Crippen LogP contribution in [0.4, 0.5) is 5.69 Å². The average molecular weight is 498 g/mol. The van der Waals surface area contributed by atoms with Crippen molar-refractivity contribution >= 4 is 33.0 Å². The van der Waals surface area contributed by atoms with Crippen molar-refractivity contribution in [1.29, 1.82) is 0 Å². The third-order valence-electron chi connectivity index (χ3n) is 6.17. The molecule has 0 aliphatic carbocycles. The van der Waals surface area contributed by atoms with Gasteiger partial charge in [0.15, 0.2) is 0 Å². The number of sulfonamides is 1. The van der Waals surface area contributed by atoms with E-state index >= 15 is 0 Å². The summed E-state index contributed by atoms with van der Waals surface area (Å²) >= 11 is 1.17. The Morgan fingerprint density at radius 3 is 2.38 bits per heavy atom. The number of benzene rings is 2. The molecule has 1 fully saturated rings. The number of thiophene rings is 1. The van der Waals surface area contributed by atoms with Crippen LogP contribution in [-0.4, -0.2) is 31.8 Å². The minimum Gasteiger partial charge on any atom is -0.352 e. The van der Waals surface area contributed by atoms with Crippen LogP contribution in [0.5, 0.6) is 0 Å². The van der Waals surface area contributed by atoms with E-state index in [1.54, 1.807) is 41.8 Å². The molecule has 6 nitrogen and oxygen atoms in total. The number of carbonyl (C=O) groups is 1. The molecule has 1 aliphatic heterocycles. The van der Waals surface area contributed by atoms with Crippen molar-refractivity contribution < 1.29 is 13.2 Å². The van der Waals surface area contributed by atoms with E-state index in [2.05, 4.69) is 46.1 Å². The Labute approximate surface area is 206 Å². The molecule has 2 N–H and O–H groups in total. The highest BCUT2D eigenvalue weighted by atomic mass is 32.2. The quantitative estimate of drug-likeness (QED) is 0.446. The lowest BCUT2D eigenvalue weighted by molar-refractivity contribution is -0.120. The third-order valence-corrected chi connectivity index (χ3v) is 8.95. The summed E-state index contributed by atoms with van der Waals surface area (Å²) in [4.78, 5) is 14.9. The number of hydrogen-bond acceptors (Lipinski definition) is 5. The summed E-state index contributed by atoms with van der Waals surface area (Å²) in [5.41, 5.74) is 3.67. The van der Waals surface area contributed by atoms with Crippen LogP contribution in [0.3, 0.4) is 0 Å². The number of amides is 1. The lowest BCUT2D eigenvalue weighted by atomic mass is 10.0. The Balaban J connectivity index is 1.24. The van der Waals surface area contributed by atoms with E-state index < -0.39 is 10.0 Å². The van der Waals surface area contributed by atoms with E-state index in [1.807, 2.05) is 0 Å². The summed E-state index contributed by atoms with van der Waals surface area (Å²) in [5, 5.41) is 4.69. The van der Waals surface area contributed by atoms with Gasteiger partial charge in [-0.15, -0.1) is 11.3 Å². The van der Waals surface area contributed by atoms with Crippen LogP contribution in [-0.2, 0) is 34.3 Å². The smallest absolute Gasteiger partial charge is 0.271 e. The molecule has 34 heavy (non-hydrogen) atoms. The molecule has 1 amide bonds. The molecule has 4 rings (SSSR count). The normalized spacial score (nSPS) is 16.8. The van der Waals surface area contributed by atoms with Gasteiger partial charge in [0.05, 0.1) is 6.42 Å². The second-order valence-electron chi connectivity index (χ2n) is 8.82. The average Bonchev–Trinajstić information content (AvgIpc) is 3.38. The second kappa shape index (κ2) is 11.2. The highest BCUT2D eigenvalue weighted by molar-refractivity contribution is 7.94. The van der Waals surface area contributed by atoms with Gasteiger partial charge in [-0.1, -0.05) is 48.9 Å². The molecule has 0 bridgehead atoms. The van der Waals surface area contributed by atoms with Crippen molar-refractivity contribution in [3.8, 4) is 0 Å². The molecule has 1 unspecified atom stereocenters. The van der Waals surface area contributed by atoms with Gasteiger partial charge in [-0.25, -0.2) is 8.42 Å². The van der Waals surface area contributed by atoms with Crippen LogP contribution in [0.15, 0.2) is 70.3 Å². The molecule has 0 spiro atoms. The van der Waals surface area contributed by atoms with Crippen molar-refractivity contribution in [2.24, 2.45) is 0 Å². The first kappa shape index (κ1) is 24.4. The zero-order valence-corrected chi connectivity index (χ0v) is 21.0. The Hall–Kier alpha value is -2.68. The van der Waals surface area contributed by atoms with E-state index in [4.69, 9.17) is 0 Å². The second-order valence-corrected chi connectivity index (χ2v) is 11.7. The summed E-state index contributed by atoms with van der Waals surface area (Å²) in [5.74, 6) is -0.0712. The first-order valence-electron chi connectivity index (χ1n) is 11.6. The number of rotatable bonds is 9. The van der Waals surface area contributed by atoms with Gasteiger partial charge < -0.3 is 5.32 Å². The number of nitrogens with one attached hydrogen (secondary N) is 2. The van der Waals surface area contributed by atoms with E-state index in [0.717, 1.165) is 17.7 Å². The minimum atomic E-state index is -3.57. The highest BCUT2D eigenvalue weighted by Crippen LogP contribution is 2.21. The number of likely N-dealkylation sites (tertiary alicyclic amines) is 1. The van der Waals surface area contributed by atoms with Crippen LogP contribution in [0, 0.1) is 0 Å². The molecule has 1 aliphatic rings. The summed E-state index contributed by atoms with van der Waals surface area (Å²) < 4.78 is 27.5. The van der Waals surface area contributed by atoms with Crippen LogP contribution >= 0.6 is 11.3 Å². The van der Waals surface area contributed by atoms with Gasteiger partial charge >= 0.3 is 0 Å². The van der Waals surface area contributed by atoms with Gasteiger partial charge in [0.2, 0.25) is 5.91 Å². The predicted molar refractivity (Wildman–Crippen MR) is 137 cm³/mol. The molecule has 2 heterocycles. The zero-order chi connectivity index (χ0) is 24.0. The number of piperidine rings is 1.